The Bertz CT molecular complexity index is 415. The Morgan fingerprint density at radius 3 is 2.24 bits per heavy atom. The summed E-state index contributed by atoms with van der Waals surface area (Å²) in [6, 6.07) is 6.31. The van der Waals surface area contributed by atoms with Crippen molar-refractivity contribution in [3.8, 4) is 0 Å². The van der Waals surface area contributed by atoms with Crippen LogP contribution in [0.25, 0.3) is 0 Å². The molecule has 0 aliphatic rings. The topological polar surface area (TPSA) is 57.6 Å². The van der Waals surface area contributed by atoms with Crippen molar-refractivity contribution in [1.82, 2.24) is 4.90 Å². The summed E-state index contributed by atoms with van der Waals surface area (Å²) in [5, 5.41) is 9.03. The Morgan fingerprint density at radius 2 is 1.76 bits per heavy atom. The number of carboxylic acid groups (broad SMARTS) is 1. The van der Waals surface area contributed by atoms with Crippen LogP contribution < -0.4 is 0 Å². The Morgan fingerprint density at radius 1 is 1.18 bits per heavy atom. The number of carboxylic acids is 1. The molecule has 17 heavy (non-hydrogen) atoms. The van der Waals surface area contributed by atoms with Crippen LogP contribution in [0.1, 0.15) is 41.0 Å². The highest BCUT2D eigenvalue weighted by Crippen LogP contribution is 2.12. The van der Waals surface area contributed by atoms with E-state index in [0.717, 1.165) is 6.42 Å². The molecule has 0 unspecified atom stereocenters. The monoisotopic (exact) mass is 235 g/mol. The van der Waals surface area contributed by atoms with Crippen molar-refractivity contribution in [2.45, 2.75) is 20.3 Å². The van der Waals surface area contributed by atoms with Gasteiger partial charge in [-0.2, -0.15) is 0 Å². The first-order chi connectivity index (χ1) is 8.11. The second kappa shape index (κ2) is 6.03. The summed E-state index contributed by atoms with van der Waals surface area (Å²) in [5.74, 6) is -1.28. The second-order valence-electron chi connectivity index (χ2n) is 3.74. The molecule has 0 spiro atoms. The minimum Gasteiger partial charge on any atom is -0.478 e. The Hall–Kier alpha value is -1.84. The van der Waals surface area contributed by atoms with Gasteiger partial charge in [0.25, 0.3) is 5.91 Å². The van der Waals surface area contributed by atoms with Crippen LogP contribution in [0.3, 0.4) is 0 Å². The maximum atomic E-state index is 12.2. The zero-order valence-electron chi connectivity index (χ0n) is 10.1. The van der Waals surface area contributed by atoms with Crippen molar-refractivity contribution in [3.63, 3.8) is 0 Å². The average Bonchev–Trinajstić information content (AvgIpc) is 2.35. The van der Waals surface area contributed by atoms with E-state index in [9.17, 15) is 9.59 Å². The van der Waals surface area contributed by atoms with E-state index in [1.807, 2.05) is 13.8 Å². The first kappa shape index (κ1) is 13.2. The lowest BCUT2D eigenvalue weighted by atomic mass is 10.1. The van der Waals surface area contributed by atoms with Gasteiger partial charge in [-0.05, 0) is 25.5 Å². The van der Waals surface area contributed by atoms with Crippen molar-refractivity contribution in [3.05, 3.63) is 35.4 Å². The molecule has 1 aromatic carbocycles. The number of carbonyl (C=O) groups excluding carboxylic acids is 1. The summed E-state index contributed by atoms with van der Waals surface area (Å²) in [7, 11) is 0. The van der Waals surface area contributed by atoms with Crippen LogP contribution in [0, 0.1) is 0 Å². The maximum Gasteiger partial charge on any atom is 0.336 e. The second-order valence-corrected chi connectivity index (χ2v) is 3.74. The van der Waals surface area contributed by atoms with Crippen molar-refractivity contribution >= 4 is 11.9 Å². The lowest BCUT2D eigenvalue weighted by molar-refractivity contribution is 0.0676. The zero-order chi connectivity index (χ0) is 12.8. The van der Waals surface area contributed by atoms with E-state index in [2.05, 4.69) is 0 Å². The average molecular weight is 235 g/mol. The van der Waals surface area contributed by atoms with E-state index in [1.54, 1.807) is 23.1 Å². The molecule has 0 bridgehead atoms. The number of amides is 1. The number of hydrogen-bond donors (Lipinski definition) is 1. The number of nitrogens with zero attached hydrogens (tertiary/aromatic N) is 1. The van der Waals surface area contributed by atoms with Crippen LogP contribution in [0.15, 0.2) is 24.3 Å². The quantitative estimate of drug-likeness (QED) is 0.851. The maximum absolute atomic E-state index is 12.2. The van der Waals surface area contributed by atoms with Crippen LogP contribution in [0.2, 0.25) is 0 Å². The Balaban J connectivity index is 3.06. The highest BCUT2D eigenvalue weighted by Gasteiger charge is 2.19. The SMILES string of the molecule is CCCN(CC)C(=O)c1ccccc1C(=O)O. The van der Waals surface area contributed by atoms with Crippen LogP contribution in [0.4, 0.5) is 0 Å². The number of hydrogen-bond acceptors (Lipinski definition) is 2. The van der Waals surface area contributed by atoms with Crippen LogP contribution in [0.5, 0.6) is 0 Å². The minimum absolute atomic E-state index is 0.0621. The van der Waals surface area contributed by atoms with Gasteiger partial charge in [-0.25, -0.2) is 4.79 Å². The molecular weight excluding hydrogens is 218 g/mol. The molecule has 0 aliphatic heterocycles. The highest BCUT2D eigenvalue weighted by molar-refractivity contribution is 6.04. The molecule has 0 heterocycles. The third-order valence-electron chi connectivity index (χ3n) is 2.55. The van der Waals surface area contributed by atoms with Gasteiger partial charge in [-0.3, -0.25) is 4.79 Å². The van der Waals surface area contributed by atoms with Gasteiger partial charge >= 0.3 is 5.97 Å². The summed E-state index contributed by atoms with van der Waals surface area (Å²) in [6.07, 6.45) is 0.856. The van der Waals surface area contributed by atoms with Crippen molar-refractivity contribution in [2.24, 2.45) is 0 Å². The fourth-order valence-corrected chi connectivity index (χ4v) is 1.70. The van der Waals surface area contributed by atoms with E-state index in [1.165, 1.54) is 6.07 Å². The molecule has 1 rings (SSSR count). The predicted octanol–water partition coefficient (Wildman–Crippen LogP) is 2.26. The molecule has 1 aromatic rings. The molecule has 4 nitrogen and oxygen atoms in total. The molecule has 0 radical (unpaired) electrons. The molecule has 1 N–H and O–H groups in total. The Labute approximate surface area is 101 Å². The van der Waals surface area contributed by atoms with Gasteiger partial charge in [0.1, 0.15) is 0 Å². The smallest absolute Gasteiger partial charge is 0.336 e. The summed E-state index contributed by atoms with van der Waals surface area (Å²) in [6.45, 7) is 5.10. The van der Waals surface area contributed by atoms with Gasteiger partial charge in [0, 0.05) is 13.1 Å². The number of aromatic carboxylic acids is 1. The van der Waals surface area contributed by atoms with E-state index in [4.69, 9.17) is 5.11 Å². The summed E-state index contributed by atoms with van der Waals surface area (Å²) < 4.78 is 0. The highest BCUT2D eigenvalue weighted by atomic mass is 16.4. The summed E-state index contributed by atoms with van der Waals surface area (Å²) >= 11 is 0. The van der Waals surface area contributed by atoms with Gasteiger partial charge < -0.3 is 10.0 Å². The largest absolute Gasteiger partial charge is 0.478 e. The van der Waals surface area contributed by atoms with Gasteiger partial charge in [0.2, 0.25) is 0 Å². The number of benzene rings is 1. The first-order valence-electron chi connectivity index (χ1n) is 5.73. The fraction of sp³-hybridized carbons (Fsp3) is 0.385. The number of carbonyl (C=O) groups is 2. The van der Waals surface area contributed by atoms with Gasteiger partial charge in [0.15, 0.2) is 0 Å². The lowest BCUT2D eigenvalue weighted by Gasteiger charge is -2.20. The molecule has 92 valence electrons. The van der Waals surface area contributed by atoms with Crippen molar-refractivity contribution in [2.75, 3.05) is 13.1 Å². The predicted molar refractivity (Wildman–Crippen MR) is 65.3 cm³/mol. The molecule has 0 aliphatic carbocycles. The van der Waals surface area contributed by atoms with E-state index >= 15 is 0 Å². The molecule has 0 saturated heterocycles. The fourth-order valence-electron chi connectivity index (χ4n) is 1.70. The summed E-state index contributed by atoms with van der Waals surface area (Å²) in [5.41, 5.74) is 0.322. The van der Waals surface area contributed by atoms with Crippen molar-refractivity contribution < 1.29 is 14.7 Å². The molecule has 1 amide bonds. The normalized spacial score (nSPS) is 10.0. The third-order valence-corrected chi connectivity index (χ3v) is 2.55. The van der Waals surface area contributed by atoms with Gasteiger partial charge in [-0.15, -0.1) is 0 Å². The van der Waals surface area contributed by atoms with Crippen LogP contribution in [-0.2, 0) is 0 Å². The van der Waals surface area contributed by atoms with E-state index in [-0.39, 0.29) is 17.0 Å². The van der Waals surface area contributed by atoms with Crippen molar-refractivity contribution in [1.29, 1.82) is 0 Å². The van der Waals surface area contributed by atoms with Gasteiger partial charge in [-0.1, -0.05) is 19.1 Å². The van der Waals surface area contributed by atoms with Gasteiger partial charge in [0.05, 0.1) is 11.1 Å². The van der Waals surface area contributed by atoms with E-state index < -0.39 is 5.97 Å². The zero-order valence-corrected chi connectivity index (χ0v) is 10.1. The van der Waals surface area contributed by atoms with E-state index in [0.29, 0.717) is 13.1 Å². The molecule has 0 atom stereocenters. The summed E-state index contributed by atoms with van der Waals surface area (Å²) in [4.78, 5) is 24.8. The molecule has 4 heteroatoms. The molecule has 0 fully saturated rings. The minimum atomic E-state index is -1.07. The lowest BCUT2D eigenvalue weighted by Crippen LogP contribution is -2.32. The third kappa shape index (κ3) is 3.06. The number of rotatable bonds is 5. The van der Waals surface area contributed by atoms with Crippen LogP contribution >= 0.6 is 0 Å². The standard InChI is InChI=1S/C13H17NO3/c1-3-9-14(4-2)12(15)10-7-5-6-8-11(10)13(16)17/h5-8H,3-4,9H2,1-2H3,(H,16,17). The Kier molecular flexibility index (Phi) is 4.69. The molecule has 0 aromatic heterocycles. The first-order valence-corrected chi connectivity index (χ1v) is 5.73. The molecule has 0 saturated carbocycles. The molecular formula is C13H17NO3. The van der Waals surface area contributed by atoms with Crippen LogP contribution in [-0.4, -0.2) is 35.0 Å².